The van der Waals surface area contributed by atoms with Gasteiger partial charge in [0.25, 0.3) is 0 Å². The van der Waals surface area contributed by atoms with Crippen LogP contribution in [0.3, 0.4) is 0 Å². The minimum Gasteiger partial charge on any atom is -0.496 e. The summed E-state index contributed by atoms with van der Waals surface area (Å²) in [6, 6.07) is 1.20. The second-order valence-corrected chi connectivity index (χ2v) is 3.55. The molecule has 0 N–H and O–H groups in total. The fourth-order valence-corrected chi connectivity index (χ4v) is 1.61. The van der Waals surface area contributed by atoms with Gasteiger partial charge in [-0.25, -0.2) is 4.79 Å². The Hall–Kier alpha value is -1.93. The molecule has 0 fully saturated rings. The highest BCUT2D eigenvalue weighted by molar-refractivity contribution is 5.92. The van der Waals surface area contributed by atoms with Crippen molar-refractivity contribution in [3.05, 3.63) is 28.8 Å². The molecule has 112 valence electrons. The van der Waals surface area contributed by atoms with E-state index in [-0.39, 0.29) is 0 Å². The molecule has 0 spiro atoms. The summed E-state index contributed by atoms with van der Waals surface area (Å²) in [6.07, 6.45) is -10.7. The minimum atomic E-state index is -5.40. The predicted molar refractivity (Wildman–Crippen MR) is 54.3 cm³/mol. The van der Waals surface area contributed by atoms with Crippen LogP contribution in [0.1, 0.15) is 21.5 Å². The molecule has 1 aromatic rings. The van der Waals surface area contributed by atoms with E-state index < -0.39 is 40.8 Å². The number of rotatable bonds is 2. The lowest BCUT2D eigenvalue weighted by atomic mass is 9.98. The molecule has 1 aromatic carbocycles. The molecule has 0 radical (unpaired) electrons. The Bertz CT molecular complexity index is 518. The van der Waals surface area contributed by atoms with Gasteiger partial charge in [0.2, 0.25) is 0 Å². The van der Waals surface area contributed by atoms with E-state index in [0.717, 1.165) is 14.2 Å². The van der Waals surface area contributed by atoms with Gasteiger partial charge in [-0.05, 0) is 12.1 Å². The molecule has 0 saturated heterocycles. The molecule has 0 aliphatic heterocycles. The van der Waals surface area contributed by atoms with Crippen LogP contribution in [0.5, 0.6) is 5.75 Å². The largest absolute Gasteiger partial charge is 0.496 e. The number of esters is 1. The van der Waals surface area contributed by atoms with Crippen LogP contribution in [0.25, 0.3) is 0 Å². The fraction of sp³-hybridized carbons (Fsp3) is 0.364. The van der Waals surface area contributed by atoms with Gasteiger partial charge < -0.3 is 9.47 Å². The number of hydrogen-bond donors (Lipinski definition) is 0. The van der Waals surface area contributed by atoms with E-state index in [1.165, 1.54) is 0 Å². The molecule has 0 heterocycles. The zero-order valence-corrected chi connectivity index (χ0v) is 10.1. The van der Waals surface area contributed by atoms with Gasteiger partial charge in [-0.1, -0.05) is 0 Å². The maximum atomic E-state index is 12.9. The van der Waals surface area contributed by atoms with Crippen LogP contribution < -0.4 is 4.74 Å². The third-order valence-corrected chi connectivity index (χ3v) is 2.36. The Morgan fingerprint density at radius 1 is 0.950 bits per heavy atom. The van der Waals surface area contributed by atoms with Gasteiger partial charge in [-0.3, -0.25) is 0 Å². The van der Waals surface area contributed by atoms with E-state index in [1.807, 2.05) is 0 Å². The van der Waals surface area contributed by atoms with Gasteiger partial charge in [-0.2, -0.15) is 26.3 Å². The molecule has 1 rings (SSSR count). The highest BCUT2D eigenvalue weighted by Gasteiger charge is 2.48. The molecule has 0 bridgehead atoms. The van der Waals surface area contributed by atoms with Gasteiger partial charge in [0, 0.05) is 0 Å². The Balaban J connectivity index is 3.81. The quantitative estimate of drug-likeness (QED) is 0.619. The molecule has 0 atom stereocenters. The molecular weight excluding hydrogens is 294 g/mol. The molecule has 0 aromatic heterocycles. The van der Waals surface area contributed by atoms with Crippen molar-refractivity contribution >= 4 is 5.97 Å². The summed E-state index contributed by atoms with van der Waals surface area (Å²) in [6.45, 7) is 0. The first-order chi connectivity index (χ1) is 9.04. The van der Waals surface area contributed by atoms with E-state index in [0.29, 0.717) is 12.1 Å². The summed E-state index contributed by atoms with van der Waals surface area (Å²) >= 11 is 0. The Labute approximate surface area is 109 Å². The van der Waals surface area contributed by atoms with E-state index >= 15 is 0 Å². The SMILES string of the molecule is COC(=O)c1ccc(OC)c(C(F)(F)F)c1C(F)(F)F. The van der Waals surface area contributed by atoms with E-state index in [9.17, 15) is 31.1 Å². The number of ether oxygens (including phenoxy) is 2. The topological polar surface area (TPSA) is 35.5 Å². The standard InChI is InChI=1S/C11H8F6O3/c1-19-6-4-3-5(9(18)20-2)7(10(12,13)14)8(6)11(15,16)17/h3-4H,1-2H3. The Kier molecular flexibility index (Phi) is 4.21. The summed E-state index contributed by atoms with van der Waals surface area (Å²) in [5.41, 5.74) is -5.42. The maximum absolute atomic E-state index is 12.9. The lowest BCUT2D eigenvalue weighted by molar-refractivity contribution is -0.163. The van der Waals surface area contributed by atoms with E-state index in [1.54, 1.807) is 0 Å². The van der Waals surface area contributed by atoms with Gasteiger partial charge in [-0.15, -0.1) is 0 Å². The van der Waals surface area contributed by atoms with Gasteiger partial charge in [0.15, 0.2) is 0 Å². The average Bonchev–Trinajstić information content (AvgIpc) is 2.33. The highest BCUT2D eigenvalue weighted by atomic mass is 19.4. The van der Waals surface area contributed by atoms with Crippen molar-refractivity contribution in [1.82, 2.24) is 0 Å². The van der Waals surface area contributed by atoms with Gasteiger partial charge >= 0.3 is 18.3 Å². The summed E-state index contributed by atoms with van der Waals surface area (Å²) in [4.78, 5) is 11.2. The van der Waals surface area contributed by atoms with Crippen molar-refractivity contribution in [1.29, 1.82) is 0 Å². The average molecular weight is 302 g/mol. The predicted octanol–water partition coefficient (Wildman–Crippen LogP) is 3.52. The molecule has 0 aliphatic carbocycles. The molecule has 3 nitrogen and oxygen atoms in total. The molecule has 0 saturated carbocycles. The third-order valence-electron chi connectivity index (χ3n) is 2.36. The Morgan fingerprint density at radius 3 is 1.80 bits per heavy atom. The molecule has 20 heavy (non-hydrogen) atoms. The third kappa shape index (κ3) is 2.97. The van der Waals surface area contributed by atoms with Crippen LogP contribution in [0.4, 0.5) is 26.3 Å². The van der Waals surface area contributed by atoms with Crippen LogP contribution in [-0.2, 0) is 17.1 Å². The molecular formula is C11H8F6O3. The van der Waals surface area contributed by atoms with Crippen molar-refractivity contribution in [3.63, 3.8) is 0 Å². The summed E-state index contributed by atoms with van der Waals surface area (Å²) in [7, 11) is 1.56. The molecule has 9 heteroatoms. The van der Waals surface area contributed by atoms with Crippen molar-refractivity contribution < 1.29 is 40.6 Å². The number of carbonyl (C=O) groups excluding carboxylic acids is 1. The van der Waals surface area contributed by atoms with Crippen LogP contribution in [0.15, 0.2) is 12.1 Å². The van der Waals surface area contributed by atoms with Gasteiger partial charge in [0.1, 0.15) is 11.3 Å². The number of benzene rings is 1. The Morgan fingerprint density at radius 2 is 1.45 bits per heavy atom. The number of hydrogen-bond acceptors (Lipinski definition) is 3. The van der Waals surface area contributed by atoms with Crippen molar-refractivity contribution in [2.24, 2.45) is 0 Å². The maximum Gasteiger partial charge on any atom is 0.420 e. The van der Waals surface area contributed by atoms with Crippen molar-refractivity contribution in [2.45, 2.75) is 12.4 Å². The van der Waals surface area contributed by atoms with Crippen LogP contribution >= 0.6 is 0 Å². The lowest BCUT2D eigenvalue weighted by Crippen LogP contribution is -2.22. The number of carbonyl (C=O) groups is 1. The number of alkyl halides is 6. The molecule has 0 unspecified atom stereocenters. The number of halogens is 6. The fourth-order valence-electron chi connectivity index (χ4n) is 1.61. The zero-order valence-electron chi connectivity index (χ0n) is 10.1. The summed E-state index contributed by atoms with van der Waals surface area (Å²) in [5.74, 6) is -2.55. The van der Waals surface area contributed by atoms with Crippen molar-refractivity contribution in [2.75, 3.05) is 14.2 Å². The summed E-state index contributed by atoms with van der Waals surface area (Å²) < 4.78 is 85.6. The lowest BCUT2D eigenvalue weighted by Gasteiger charge is -2.20. The first-order valence-electron chi connectivity index (χ1n) is 4.97. The summed E-state index contributed by atoms with van der Waals surface area (Å²) in [5, 5.41) is 0. The van der Waals surface area contributed by atoms with Crippen LogP contribution in [0.2, 0.25) is 0 Å². The smallest absolute Gasteiger partial charge is 0.420 e. The second kappa shape index (κ2) is 5.22. The van der Waals surface area contributed by atoms with E-state index in [2.05, 4.69) is 9.47 Å². The zero-order chi connectivity index (χ0) is 15.7. The number of methoxy groups -OCH3 is 2. The van der Waals surface area contributed by atoms with Crippen LogP contribution in [0, 0.1) is 0 Å². The molecule has 0 aliphatic rings. The van der Waals surface area contributed by atoms with Crippen LogP contribution in [-0.4, -0.2) is 20.2 Å². The highest BCUT2D eigenvalue weighted by Crippen LogP contribution is 2.46. The minimum absolute atomic E-state index is 0.572. The first-order valence-corrected chi connectivity index (χ1v) is 4.97. The van der Waals surface area contributed by atoms with Crippen molar-refractivity contribution in [3.8, 4) is 5.75 Å². The molecule has 0 amide bonds. The second-order valence-electron chi connectivity index (χ2n) is 3.55. The van der Waals surface area contributed by atoms with E-state index in [4.69, 9.17) is 0 Å². The van der Waals surface area contributed by atoms with Gasteiger partial charge in [0.05, 0.1) is 25.3 Å². The monoisotopic (exact) mass is 302 g/mol. The first kappa shape index (κ1) is 16.1. The normalized spacial score (nSPS) is 12.2.